The van der Waals surface area contributed by atoms with Crippen molar-refractivity contribution in [1.29, 1.82) is 0 Å². The molecular formula is C16H29N3OS. The summed E-state index contributed by atoms with van der Waals surface area (Å²) in [4.78, 5) is 8.53. The summed E-state index contributed by atoms with van der Waals surface area (Å²) in [6.07, 6.45) is 2.64. The van der Waals surface area contributed by atoms with E-state index in [1.54, 1.807) is 7.11 Å². The predicted molar refractivity (Wildman–Crippen MR) is 90.4 cm³/mol. The van der Waals surface area contributed by atoms with Gasteiger partial charge in [0.2, 0.25) is 0 Å². The minimum absolute atomic E-state index is 0.0840. The summed E-state index contributed by atoms with van der Waals surface area (Å²) >= 11 is 1.82. The molecule has 1 atom stereocenters. The Labute approximate surface area is 132 Å². The number of thiazole rings is 1. The number of rotatable bonds is 7. The third kappa shape index (κ3) is 4.41. The highest BCUT2D eigenvalue weighted by Gasteiger charge is 2.27. The largest absolute Gasteiger partial charge is 0.383 e. The molecule has 5 heteroatoms. The summed E-state index contributed by atoms with van der Waals surface area (Å²) in [5, 5.41) is 4.71. The molecule has 4 nitrogen and oxygen atoms in total. The van der Waals surface area contributed by atoms with E-state index < -0.39 is 0 Å². The SMILES string of the molecule is COCC(C)N(C)c1nc(C(C)(C)C)c(CNC2CC2)s1. The van der Waals surface area contributed by atoms with E-state index in [2.05, 4.69) is 45.0 Å². The van der Waals surface area contributed by atoms with Crippen molar-refractivity contribution in [3.05, 3.63) is 10.6 Å². The lowest BCUT2D eigenvalue weighted by Crippen LogP contribution is -2.32. The number of anilines is 1. The first-order chi connectivity index (χ1) is 9.82. The lowest BCUT2D eigenvalue weighted by Gasteiger charge is -2.23. The van der Waals surface area contributed by atoms with Crippen LogP contribution in [0.15, 0.2) is 0 Å². The van der Waals surface area contributed by atoms with Crippen molar-refractivity contribution < 1.29 is 4.74 Å². The van der Waals surface area contributed by atoms with E-state index in [-0.39, 0.29) is 5.41 Å². The highest BCUT2D eigenvalue weighted by molar-refractivity contribution is 7.15. The number of aromatic nitrogens is 1. The molecule has 0 radical (unpaired) electrons. The summed E-state index contributed by atoms with van der Waals surface area (Å²) in [5.74, 6) is 0. The molecule has 1 heterocycles. The van der Waals surface area contributed by atoms with Crippen molar-refractivity contribution in [3.63, 3.8) is 0 Å². The van der Waals surface area contributed by atoms with Crippen LogP contribution in [0.1, 0.15) is 51.1 Å². The molecule has 120 valence electrons. The molecule has 21 heavy (non-hydrogen) atoms. The molecule has 1 N–H and O–H groups in total. The number of hydrogen-bond donors (Lipinski definition) is 1. The van der Waals surface area contributed by atoms with Crippen LogP contribution in [0, 0.1) is 0 Å². The van der Waals surface area contributed by atoms with Crippen molar-refractivity contribution in [2.75, 3.05) is 25.7 Å². The zero-order chi connectivity index (χ0) is 15.6. The van der Waals surface area contributed by atoms with Gasteiger partial charge in [-0.2, -0.15) is 0 Å². The van der Waals surface area contributed by atoms with E-state index in [1.165, 1.54) is 23.4 Å². The quantitative estimate of drug-likeness (QED) is 0.839. The van der Waals surface area contributed by atoms with Crippen molar-refractivity contribution in [1.82, 2.24) is 10.3 Å². The first-order valence-electron chi connectivity index (χ1n) is 7.78. The average Bonchev–Trinajstić information content (AvgIpc) is 3.12. The molecule has 0 bridgehead atoms. The van der Waals surface area contributed by atoms with Crippen molar-refractivity contribution in [3.8, 4) is 0 Å². The average molecular weight is 311 g/mol. The molecule has 1 saturated carbocycles. The fourth-order valence-corrected chi connectivity index (χ4v) is 3.55. The number of hydrogen-bond acceptors (Lipinski definition) is 5. The van der Waals surface area contributed by atoms with E-state index in [9.17, 15) is 0 Å². The van der Waals surface area contributed by atoms with E-state index in [1.807, 2.05) is 11.3 Å². The third-order valence-corrected chi connectivity index (χ3v) is 5.04. The lowest BCUT2D eigenvalue weighted by molar-refractivity contribution is 0.183. The standard InChI is InChI=1S/C16H29N3OS/c1-11(10-20-6)19(5)15-18-14(16(2,3)4)13(21-15)9-17-12-7-8-12/h11-12,17H,7-10H2,1-6H3. The zero-order valence-electron chi connectivity index (χ0n) is 14.2. The smallest absolute Gasteiger partial charge is 0.185 e. The maximum absolute atomic E-state index is 5.26. The predicted octanol–water partition coefficient (Wildman–Crippen LogP) is 3.16. The van der Waals surface area contributed by atoms with Gasteiger partial charge in [-0.3, -0.25) is 0 Å². The molecule has 1 fully saturated rings. The van der Waals surface area contributed by atoms with E-state index in [0.29, 0.717) is 6.04 Å². The van der Waals surface area contributed by atoms with Crippen LogP contribution < -0.4 is 10.2 Å². The second kappa shape index (κ2) is 6.63. The molecule has 0 saturated heterocycles. The maximum Gasteiger partial charge on any atom is 0.185 e. The molecule has 1 aromatic heterocycles. The van der Waals surface area contributed by atoms with Crippen LogP contribution in [-0.4, -0.2) is 37.8 Å². The van der Waals surface area contributed by atoms with Crippen molar-refractivity contribution in [2.24, 2.45) is 0 Å². The molecule has 0 amide bonds. The Morgan fingerprint density at radius 1 is 1.43 bits per heavy atom. The Kier molecular flexibility index (Phi) is 5.28. The molecule has 1 unspecified atom stereocenters. The molecule has 0 aromatic carbocycles. The molecule has 2 rings (SSSR count). The Hall–Kier alpha value is -0.650. The number of nitrogens with one attached hydrogen (secondary N) is 1. The third-order valence-electron chi connectivity index (χ3n) is 3.90. The number of likely N-dealkylation sites (N-methyl/N-ethyl adjacent to an activating group) is 1. The van der Waals surface area contributed by atoms with Crippen LogP contribution in [0.5, 0.6) is 0 Å². The van der Waals surface area contributed by atoms with Crippen molar-refractivity contribution >= 4 is 16.5 Å². The molecular weight excluding hydrogens is 282 g/mol. The van der Waals surface area contributed by atoms with Gasteiger partial charge < -0.3 is 15.0 Å². The first-order valence-corrected chi connectivity index (χ1v) is 8.60. The number of methoxy groups -OCH3 is 1. The van der Waals surface area contributed by atoms with Gasteiger partial charge >= 0.3 is 0 Å². The summed E-state index contributed by atoms with van der Waals surface area (Å²) in [5.41, 5.74) is 1.31. The summed E-state index contributed by atoms with van der Waals surface area (Å²) < 4.78 is 5.26. The number of nitrogens with zero attached hydrogens (tertiary/aromatic N) is 2. The zero-order valence-corrected chi connectivity index (χ0v) is 15.0. The Bertz CT molecular complexity index is 463. The van der Waals surface area contributed by atoms with Gasteiger partial charge in [-0.05, 0) is 19.8 Å². The van der Waals surface area contributed by atoms with Gasteiger partial charge in [0.25, 0.3) is 0 Å². The van der Waals surface area contributed by atoms with Crippen LogP contribution in [0.25, 0.3) is 0 Å². The first kappa shape index (κ1) is 16.7. The Morgan fingerprint density at radius 3 is 2.62 bits per heavy atom. The summed E-state index contributed by atoms with van der Waals surface area (Å²) in [6.45, 7) is 10.6. The van der Waals surface area contributed by atoms with Crippen LogP contribution in [-0.2, 0) is 16.7 Å². The van der Waals surface area contributed by atoms with Gasteiger partial charge in [-0.1, -0.05) is 20.8 Å². The van der Waals surface area contributed by atoms with Gasteiger partial charge in [0.15, 0.2) is 5.13 Å². The summed E-state index contributed by atoms with van der Waals surface area (Å²) in [7, 11) is 3.85. The van der Waals surface area contributed by atoms with Gasteiger partial charge in [-0.15, -0.1) is 11.3 Å². The second-order valence-electron chi connectivity index (χ2n) is 7.09. The van der Waals surface area contributed by atoms with E-state index >= 15 is 0 Å². The van der Waals surface area contributed by atoms with Gasteiger partial charge in [0.05, 0.1) is 18.3 Å². The van der Waals surface area contributed by atoms with Crippen LogP contribution >= 0.6 is 11.3 Å². The fourth-order valence-electron chi connectivity index (χ4n) is 2.26. The number of ether oxygens (including phenoxy) is 1. The minimum atomic E-state index is 0.0840. The lowest BCUT2D eigenvalue weighted by atomic mass is 9.91. The molecule has 1 aromatic rings. The monoisotopic (exact) mass is 311 g/mol. The van der Waals surface area contributed by atoms with E-state index in [4.69, 9.17) is 9.72 Å². The van der Waals surface area contributed by atoms with Crippen LogP contribution in [0.2, 0.25) is 0 Å². The molecule has 1 aliphatic carbocycles. The van der Waals surface area contributed by atoms with Gasteiger partial charge in [0.1, 0.15) is 0 Å². The Morgan fingerprint density at radius 2 is 2.10 bits per heavy atom. The molecule has 0 spiro atoms. The summed E-state index contributed by atoms with van der Waals surface area (Å²) in [6, 6.07) is 1.06. The van der Waals surface area contributed by atoms with Crippen LogP contribution in [0.4, 0.5) is 5.13 Å². The minimum Gasteiger partial charge on any atom is -0.383 e. The highest BCUT2D eigenvalue weighted by atomic mass is 32.1. The van der Waals surface area contributed by atoms with E-state index in [0.717, 1.165) is 24.3 Å². The maximum atomic E-state index is 5.26. The molecule has 1 aliphatic rings. The topological polar surface area (TPSA) is 37.4 Å². The fraction of sp³-hybridized carbons (Fsp3) is 0.812. The van der Waals surface area contributed by atoms with Gasteiger partial charge in [-0.25, -0.2) is 4.98 Å². The highest BCUT2D eigenvalue weighted by Crippen LogP contribution is 2.34. The molecule has 0 aliphatic heterocycles. The van der Waals surface area contributed by atoms with Crippen molar-refractivity contribution in [2.45, 2.75) is 64.6 Å². The second-order valence-corrected chi connectivity index (χ2v) is 8.15. The van der Waals surface area contributed by atoms with Crippen LogP contribution in [0.3, 0.4) is 0 Å². The normalized spacial score (nSPS) is 17.0. The van der Waals surface area contributed by atoms with Gasteiger partial charge in [0, 0.05) is 37.0 Å². The Balaban J connectivity index is 2.17.